The Morgan fingerprint density at radius 2 is 2.16 bits per heavy atom. The quantitative estimate of drug-likeness (QED) is 0.786. The molecule has 2 rings (SSSR count). The maximum Gasteiger partial charge on any atom is 0.142 e. The summed E-state index contributed by atoms with van der Waals surface area (Å²) in [5.41, 5.74) is 0. The molecule has 5 heteroatoms. The van der Waals surface area contributed by atoms with E-state index < -0.39 is 5.82 Å². The number of nitrogens with one attached hydrogen (secondary N) is 1. The van der Waals surface area contributed by atoms with Gasteiger partial charge in [0.2, 0.25) is 0 Å². The number of halogens is 2. The first kappa shape index (κ1) is 14.3. The van der Waals surface area contributed by atoms with Crippen LogP contribution in [0.3, 0.4) is 0 Å². The maximum absolute atomic E-state index is 12.9. The van der Waals surface area contributed by atoms with E-state index in [0.717, 1.165) is 19.5 Å². The van der Waals surface area contributed by atoms with Gasteiger partial charge in [0.1, 0.15) is 18.2 Å². The maximum atomic E-state index is 12.9. The average molecular weight is 300 g/mol. The summed E-state index contributed by atoms with van der Waals surface area (Å²) in [5.74, 6) is 0.162. The van der Waals surface area contributed by atoms with Gasteiger partial charge in [0.05, 0.1) is 5.02 Å². The fourth-order valence-electron chi connectivity index (χ4n) is 1.60. The van der Waals surface area contributed by atoms with Gasteiger partial charge < -0.3 is 10.1 Å². The summed E-state index contributed by atoms with van der Waals surface area (Å²) in [5, 5.41) is 5.46. The molecule has 0 radical (unpaired) electrons. The molecule has 0 atom stereocenters. The van der Waals surface area contributed by atoms with Gasteiger partial charge in [-0.2, -0.15) is 0 Å². The number of ether oxygens (including phenoxy) is 1. The predicted molar refractivity (Wildman–Crippen MR) is 77.8 cm³/mol. The molecule has 0 unspecified atom stereocenters. The molecule has 0 bridgehead atoms. The lowest BCUT2D eigenvalue weighted by atomic mass is 10.3. The zero-order chi connectivity index (χ0) is 13.5. The van der Waals surface area contributed by atoms with Crippen LogP contribution in [0.5, 0.6) is 5.75 Å². The molecular formula is C14H15ClFNOS. The van der Waals surface area contributed by atoms with Crippen molar-refractivity contribution in [3.05, 3.63) is 51.4 Å². The Morgan fingerprint density at radius 1 is 1.26 bits per heavy atom. The van der Waals surface area contributed by atoms with E-state index in [-0.39, 0.29) is 5.02 Å². The fourth-order valence-corrected chi connectivity index (χ4v) is 2.48. The van der Waals surface area contributed by atoms with Gasteiger partial charge in [-0.25, -0.2) is 4.39 Å². The van der Waals surface area contributed by atoms with Crippen molar-refractivity contribution in [3.63, 3.8) is 0 Å². The fraction of sp³-hybridized carbons (Fsp3) is 0.286. The third-order valence-corrected chi connectivity index (χ3v) is 3.79. The van der Waals surface area contributed by atoms with Gasteiger partial charge >= 0.3 is 0 Å². The average Bonchev–Trinajstić information content (AvgIpc) is 2.91. The summed E-state index contributed by atoms with van der Waals surface area (Å²) in [7, 11) is 0. The minimum atomic E-state index is -0.428. The van der Waals surface area contributed by atoms with Crippen LogP contribution in [-0.4, -0.2) is 19.7 Å². The first-order valence-corrected chi connectivity index (χ1v) is 7.32. The van der Waals surface area contributed by atoms with E-state index in [1.807, 2.05) is 0 Å². The number of benzene rings is 1. The van der Waals surface area contributed by atoms with Gasteiger partial charge in [-0.05, 0) is 30.0 Å². The summed E-state index contributed by atoms with van der Waals surface area (Å²) in [6.07, 6.45) is 1.03. The number of thiophene rings is 1. The van der Waals surface area contributed by atoms with Gasteiger partial charge in [0, 0.05) is 24.0 Å². The summed E-state index contributed by atoms with van der Waals surface area (Å²) in [6.45, 7) is 2.21. The van der Waals surface area contributed by atoms with Crippen LogP contribution in [0.25, 0.3) is 0 Å². The highest BCUT2D eigenvalue weighted by atomic mass is 35.5. The van der Waals surface area contributed by atoms with Crippen molar-refractivity contribution in [3.8, 4) is 5.75 Å². The molecule has 0 fully saturated rings. The van der Waals surface area contributed by atoms with Crippen molar-refractivity contribution in [2.45, 2.75) is 6.42 Å². The molecule has 1 heterocycles. The van der Waals surface area contributed by atoms with Gasteiger partial charge in [0.15, 0.2) is 0 Å². The Kier molecular flexibility index (Phi) is 5.63. The molecule has 1 aromatic heterocycles. The highest BCUT2D eigenvalue weighted by Gasteiger charge is 2.01. The topological polar surface area (TPSA) is 21.3 Å². The van der Waals surface area contributed by atoms with Crippen LogP contribution in [0.4, 0.5) is 4.39 Å². The molecule has 2 aromatic rings. The van der Waals surface area contributed by atoms with Gasteiger partial charge in [0.25, 0.3) is 0 Å². The molecule has 0 amide bonds. The Balaban J connectivity index is 1.60. The first-order chi connectivity index (χ1) is 9.25. The highest BCUT2D eigenvalue weighted by molar-refractivity contribution is 7.09. The summed E-state index contributed by atoms with van der Waals surface area (Å²) in [6, 6.07) is 8.56. The molecule has 0 spiro atoms. The van der Waals surface area contributed by atoms with E-state index in [1.54, 1.807) is 17.4 Å². The summed E-state index contributed by atoms with van der Waals surface area (Å²) >= 11 is 7.43. The highest BCUT2D eigenvalue weighted by Crippen LogP contribution is 2.20. The molecule has 0 saturated carbocycles. The van der Waals surface area contributed by atoms with Crippen LogP contribution in [0, 0.1) is 5.82 Å². The van der Waals surface area contributed by atoms with Crippen molar-refractivity contribution in [1.82, 2.24) is 5.32 Å². The van der Waals surface area contributed by atoms with Crippen molar-refractivity contribution in [1.29, 1.82) is 0 Å². The second-order valence-corrected chi connectivity index (χ2v) is 5.44. The van der Waals surface area contributed by atoms with Crippen LogP contribution < -0.4 is 10.1 Å². The second kappa shape index (κ2) is 7.48. The summed E-state index contributed by atoms with van der Waals surface area (Å²) in [4.78, 5) is 1.37. The number of hydrogen-bond donors (Lipinski definition) is 1. The second-order valence-electron chi connectivity index (χ2n) is 4.00. The predicted octanol–water partition coefficient (Wildman–Crippen LogP) is 3.75. The molecular weight excluding hydrogens is 285 g/mol. The lowest BCUT2D eigenvalue weighted by Crippen LogP contribution is -2.23. The smallest absolute Gasteiger partial charge is 0.142 e. The van der Waals surface area contributed by atoms with E-state index >= 15 is 0 Å². The Bertz CT molecular complexity index is 504. The minimum absolute atomic E-state index is 0.0863. The van der Waals surface area contributed by atoms with Crippen molar-refractivity contribution in [2.24, 2.45) is 0 Å². The third kappa shape index (κ3) is 4.82. The third-order valence-electron chi connectivity index (χ3n) is 2.57. The van der Waals surface area contributed by atoms with E-state index in [9.17, 15) is 4.39 Å². The van der Waals surface area contributed by atoms with Crippen LogP contribution in [0.15, 0.2) is 35.7 Å². The van der Waals surface area contributed by atoms with Gasteiger partial charge in [-0.15, -0.1) is 11.3 Å². The number of hydrogen-bond acceptors (Lipinski definition) is 3. The molecule has 1 N–H and O–H groups in total. The zero-order valence-electron chi connectivity index (χ0n) is 10.4. The van der Waals surface area contributed by atoms with E-state index in [2.05, 4.69) is 22.8 Å². The van der Waals surface area contributed by atoms with E-state index in [1.165, 1.54) is 17.0 Å². The first-order valence-electron chi connectivity index (χ1n) is 6.06. The van der Waals surface area contributed by atoms with Gasteiger partial charge in [-0.3, -0.25) is 0 Å². The largest absolute Gasteiger partial charge is 0.492 e. The van der Waals surface area contributed by atoms with E-state index in [0.29, 0.717) is 12.4 Å². The molecule has 0 saturated heterocycles. The Morgan fingerprint density at radius 3 is 2.89 bits per heavy atom. The lowest BCUT2D eigenvalue weighted by Gasteiger charge is -2.07. The Hall–Kier alpha value is -1.10. The molecule has 1 aromatic carbocycles. The van der Waals surface area contributed by atoms with E-state index in [4.69, 9.17) is 16.3 Å². The molecule has 19 heavy (non-hydrogen) atoms. The Labute approximate surface area is 121 Å². The van der Waals surface area contributed by atoms with Crippen molar-refractivity contribution < 1.29 is 9.13 Å². The monoisotopic (exact) mass is 299 g/mol. The van der Waals surface area contributed by atoms with Crippen LogP contribution in [0.1, 0.15) is 4.88 Å². The molecule has 0 aliphatic carbocycles. The molecule has 2 nitrogen and oxygen atoms in total. The zero-order valence-corrected chi connectivity index (χ0v) is 11.9. The normalized spacial score (nSPS) is 10.6. The summed E-state index contributed by atoms with van der Waals surface area (Å²) < 4.78 is 18.4. The lowest BCUT2D eigenvalue weighted by molar-refractivity contribution is 0.314. The van der Waals surface area contributed by atoms with Crippen molar-refractivity contribution in [2.75, 3.05) is 19.7 Å². The molecule has 102 valence electrons. The van der Waals surface area contributed by atoms with Crippen LogP contribution in [0.2, 0.25) is 5.02 Å². The number of rotatable bonds is 7. The minimum Gasteiger partial charge on any atom is -0.492 e. The van der Waals surface area contributed by atoms with Gasteiger partial charge in [-0.1, -0.05) is 17.7 Å². The van der Waals surface area contributed by atoms with Crippen molar-refractivity contribution >= 4 is 22.9 Å². The van der Waals surface area contributed by atoms with Crippen LogP contribution >= 0.6 is 22.9 Å². The standard InChI is InChI=1S/C14H15ClFNOS/c15-13-10-11(3-4-14(13)16)18-8-7-17-6-5-12-2-1-9-19-12/h1-4,9-10,17H,5-8H2. The van der Waals surface area contributed by atoms with Crippen LogP contribution in [-0.2, 0) is 6.42 Å². The molecule has 0 aliphatic rings. The molecule has 0 aliphatic heterocycles. The SMILES string of the molecule is Fc1ccc(OCCNCCc2cccs2)cc1Cl.